The van der Waals surface area contributed by atoms with E-state index in [1.165, 1.54) is 6.26 Å². The van der Waals surface area contributed by atoms with Crippen molar-refractivity contribution >= 4 is 9.84 Å². The van der Waals surface area contributed by atoms with Crippen LogP contribution in [0.3, 0.4) is 0 Å². The summed E-state index contributed by atoms with van der Waals surface area (Å²) >= 11 is 0. The summed E-state index contributed by atoms with van der Waals surface area (Å²) in [6, 6.07) is 6.58. The Bertz CT molecular complexity index is 516. The van der Waals surface area contributed by atoms with E-state index < -0.39 is 9.84 Å². The van der Waals surface area contributed by atoms with Gasteiger partial charge in [-0.1, -0.05) is 6.07 Å². The monoisotopic (exact) mass is 315 g/mol. The highest BCUT2D eigenvalue weighted by atomic mass is 32.2. The van der Waals surface area contributed by atoms with Gasteiger partial charge >= 0.3 is 0 Å². The lowest BCUT2D eigenvalue weighted by Gasteiger charge is -2.16. The maximum absolute atomic E-state index is 11.5. The fourth-order valence-corrected chi connectivity index (χ4v) is 2.46. The Labute approximate surface area is 127 Å². The van der Waals surface area contributed by atoms with Gasteiger partial charge < -0.3 is 14.8 Å². The Morgan fingerprint density at radius 2 is 2.10 bits per heavy atom. The zero-order valence-electron chi connectivity index (χ0n) is 13.0. The minimum Gasteiger partial charge on any atom is -0.489 e. The van der Waals surface area contributed by atoms with Gasteiger partial charge in [-0.3, -0.25) is 0 Å². The predicted octanol–water partition coefficient (Wildman–Crippen LogP) is 1.87. The van der Waals surface area contributed by atoms with Gasteiger partial charge in [0.25, 0.3) is 0 Å². The van der Waals surface area contributed by atoms with E-state index in [-0.39, 0.29) is 11.0 Å². The molecule has 1 unspecified atom stereocenters. The average Bonchev–Trinajstić information content (AvgIpc) is 2.42. The third-order valence-electron chi connectivity index (χ3n) is 2.85. The Morgan fingerprint density at radius 1 is 1.33 bits per heavy atom. The Hall–Kier alpha value is -1.11. The molecule has 0 aliphatic rings. The van der Waals surface area contributed by atoms with Crippen molar-refractivity contribution in [2.24, 2.45) is 0 Å². The SMILES string of the molecule is CCOCCCNCC(C)Oc1cccc(S(C)(=O)=O)c1. The van der Waals surface area contributed by atoms with E-state index >= 15 is 0 Å². The fourth-order valence-electron chi connectivity index (χ4n) is 1.80. The molecule has 0 amide bonds. The standard InChI is InChI=1S/C15H25NO4S/c1-4-19-10-6-9-16-12-13(2)20-14-7-5-8-15(11-14)21(3,17)18/h5,7-8,11,13,16H,4,6,9-10,12H2,1-3H3. The summed E-state index contributed by atoms with van der Waals surface area (Å²) in [6.07, 6.45) is 2.12. The first-order chi connectivity index (χ1) is 9.93. The van der Waals surface area contributed by atoms with Gasteiger partial charge in [-0.25, -0.2) is 8.42 Å². The Morgan fingerprint density at radius 3 is 2.76 bits per heavy atom. The molecule has 0 spiro atoms. The van der Waals surface area contributed by atoms with Crippen molar-refractivity contribution in [1.29, 1.82) is 0 Å². The van der Waals surface area contributed by atoms with Crippen molar-refractivity contribution in [1.82, 2.24) is 5.32 Å². The van der Waals surface area contributed by atoms with Crippen LogP contribution < -0.4 is 10.1 Å². The number of hydrogen-bond acceptors (Lipinski definition) is 5. The minimum atomic E-state index is -3.20. The molecule has 6 heteroatoms. The van der Waals surface area contributed by atoms with Gasteiger partial charge in [-0.2, -0.15) is 0 Å². The lowest BCUT2D eigenvalue weighted by molar-refractivity contribution is 0.143. The highest BCUT2D eigenvalue weighted by molar-refractivity contribution is 7.90. The van der Waals surface area contributed by atoms with Crippen molar-refractivity contribution in [3.63, 3.8) is 0 Å². The molecule has 0 heterocycles. The van der Waals surface area contributed by atoms with Crippen molar-refractivity contribution in [2.75, 3.05) is 32.6 Å². The Balaban J connectivity index is 2.36. The van der Waals surface area contributed by atoms with E-state index in [1.807, 2.05) is 13.8 Å². The van der Waals surface area contributed by atoms with Crippen LogP contribution in [-0.4, -0.2) is 47.1 Å². The molecule has 120 valence electrons. The summed E-state index contributed by atoms with van der Waals surface area (Å²) in [5.74, 6) is 0.571. The van der Waals surface area contributed by atoms with E-state index in [2.05, 4.69) is 5.32 Å². The first kappa shape index (κ1) is 17.9. The molecule has 1 N–H and O–H groups in total. The molecule has 1 aromatic rings. The zero-order valence-corrected chi connectivity index (χ0v) is 13.8. The normalized spacial score (nSPS) is 13.1. The highest BCUT2D eigenvalue weighted by Crippen LogP contribution is 2.18. The first-order valence-electron chi connectivity index (χ1n) is 7.18. The predicted molar refractivity (Wildman–Crippen MR) is 83.6 cm³/mol. The summed E-state index contributed by atoms with van der Waals surface area (Å²) in [4.78, 5) is 0.275. The second-order valence-electron chi connectivity index (χ2n) is 4.93. The van der Waals surface area contributed by atoms with Crippen LogP contribution in [0.25, 0.3) is 0 Å². The quantitative estimate of drug-likeness (QED) is 0.668. The molecule has 0 aliphatic heterocycles. The number of ether oxygens (including phenoxy) is 2. The third-order valence-corrected chi connectivity index (χ3v) is 3.96. The maximum atomic E-state index is 11.5. The molecular formula is C15H25NO4S. The van der Waals surface area contributed by atoms with E-state index in [0.29, 0.717) is 12.3 Å². The molecule has 1 aromatic carbocycles. The van der Waals surface area contributed by atoms with Gasteiger partial charge in [0.1, 0.15) is 11.9 Å². The van der Waals surface area contributed by atoms with E-state index in [4.69, 9.17) is 9.47 Å². The number of nitrogens with one attached hydrogen (secondary N) is 1. The molecule has 21 heavy (non-hydrogen) atoms. The highest BCUT2D eigenvalue weighted by Gasteiger charge is 2.09. The van der Waals surface area contributed by atoms with Crippen LogP contribution in [0.5, 0.6) is 5.75 Å². The topological polar surface area (TPSA) is 64.6 Å². The number of rotatable bonds is 10. The maximum Gasteiger partial charge on any atom is 0.175 e. The molecule has 1 rings (SSSR count). The van der Waals surface area contributed by atoms with E-state index in [9.17, 15) is 8.42 Å². The second-order valence-corrected chi connectivity index (χ2v) is 6.95. The zero-order chi connectivity index (χ0) is 15.7. The summed E-state index contributed by atoms with van der Waals surface area (Å²) in [6.45, 7) is 7.01. The molecule has 0 aliphatic carbocycles. The van der Waals surface area contributed by atoms with Crippen LogP contribution in [0.2, 0.25) is 0 Å². The number of hydrogen-bond donors (Lipinski definition) is 1. The third kappa shape index (κ3) is 7.45. The number of benzene rings is 1. The van der Waals surface area contributed by atoms with Crippen LogP contribution in [0.1, 0.15) is 20.3 Å². The summed E-state index contributed by atoms with van der Waals surface area (Å²) in [5, 5.41) is 3.29. The smallest absolute Gasteiger partial charge is 0.175 e. The average molecular weight is 315 g/mol. The molecule has 0 radical (unpaired) electrons. The van der Waals surface area contributed by atoms with Crippen molar-refractivity contribution in [3.8, 4) is 5.75 Å². The van der Waals surface area contributed by atoms with Gasteiger partial charge in [-0.05, 0) is 45.0 Å². The lowest BCUT2D eigenvalue weighted by atomic mass is 10.3. The van der Waals surface area contributed by atoms with Crippen LogP contribution in [0.4, 0.5) is 0 Å². The summed E-state index contributed by atoms with van der Waals surface area (Å²) in [5.41, 5.74) is 0. The van der Waals surface area contributed by atoms with Crippen LogP contribution in [0.15, 0.2) is 29.2 Å². The molecule has 0 bridgehead atoms. The molecule has 0 aromatic heterocycles. The molecule has 0 saturated heterocycles. The first-order valence-corrected chi connectivity index (χ1v) is 9.08. The van der Waals surface area contributed by atoms with Gasteiger partial charge in [0, 0.05) is 26.0 Å². The molecule has 5 nitrogen and oxygen atoms in total. The summed E-state index contributed by atoms with van der Waals surface area (Å²) < 4.78 is 33.9. The number of sulfone groups is 1. The van der Waals surface area contributed by atoms with E-state index in [1.54, 1.807) is 24.3 Å². The van der Waals surface area contributed by atoms with Crippen molar-refractivity contribution in [2.45, 2.75) is 31.3 Å². The molecule has 1 atom stereocenters. The van der Waals surface area contributed by atoms with Gasteiger partial charge in [0.2, 0.25) is 0 Å². The van der Waals surface area contributed by atoms with Crippen molar-refractivity contribution < 1.29 is 17.9 Å². The Kier molecular flexibility index (Phi) is 7.71. The molecule has 0 saturated carbocycles. The van der Waals surface area contributed by atoms with E-state index in [0.717, 1.165) is 26.2 Å². The van der Waals surface area contributed by atoms with Gasteiger partial charge in [-0.15, -0.1) is 0 Å². The minimum absolute atomic E-state index is 0.0353. The van der Waals surface area contributed by atoms with Crippen LogP contribution in [-0.2, 0) is 14.6 Å². The second kappa shape index (κ2) is 9.02. The van der Waals surface area contributed by atoms with Crippen molar-refractivity contribution in [3.05, 3.63) is 24.3 Å². The largest absolute Gasteiger partial charge is 0.489 e. The van der Waals surface area contributed by atoms with Crippen LogP contribution >= 0.6 is 0 Å². The van der Waals surface area contributed by atoms with Gasteiger partial charge in [0.05, 0.1) is 4.90 Å². The lowest BCUT2D eigenvalue weighted by Crippen LogP contribution is -2.30. The van der Waals surface area contributed by atoms with Gasteiger partial charge in [0.15, 0.2) is 9.84 Å². The fraction of sp³-hybridized carbons (Fsp3) is 0.600. The van der Waals surface area contributed by atoms with Crippen LogP contribution in [0, 0.1) is 0 Å². The molecule has 0 fully saturated rings. The summed E-state index contributed by atoms with van der Waals surface area (Å²) in [7, 11) is -3.20. The molecular weight excluding hydrogens is 290 g/mol.